The molecule has 36 heavy (non-hydrogen) atoms. The Balaban J connectivity index is 3.10. The van der Waals surface area contributed by atoms with E-state index in [1.807, 2.05) is 0 Å². The minimum atomic E-state index is -4.61. The van der Waals surface area contributed by atoms with Gasteiger partial charge >= 0.3 is 6.18 Å². The number of nitrogens with one attached hydrogen (secondary N) is 3. The lowest BCUT2D eigenvalue weighted by Gasteiger charge is -2.29. The monoisotopic (exact) mass is 500 g/mol. The summed E-state index contributed by atoms with van der Waals surface area (Å²) in [7, 11) is 18.4. The number of aromatic nitrogens is 2. The van der Waals surface area contributed by atoms with Crippen molar-refractivity contribution in [1.29, 1.82) is 0 Å². The predicted octanol–water partition coefficient (Wildman–Crippen LogP) is 2.47. The molecule has 0 aliphatic rings. The second-order valence-corrected chi connectivity index (χ2v) is 9.85. The quantitative estimate of drug-likeness (QED) is 0.305. The number of carbonyl (C=O) groups is 1. The van der Waals surface area contributed by atoms with Crippen molar-refractivity contribution in [2.75, 3.05) is 13.6 Å². The first-order valence-electron chi connectivity index (χ1n) is 11.5. The van der Waals surface area contributed by atoms with Crippen molar-refractivity contribution in [3.8, 4) is 0 Å². The Morgan fingerprint density at radius 3 is 2.33 bits per heavy atom. The number of rotatable bonds is 12. The summed E-state index contributed by atoms with van der Waals surface area (Å²) in [6, 6.07) is 0.987. The van der Waals surface area contributed by atoms with Crippen LogP contribution >= 0.6 is 0 Å². The van der Waals surface area contributed by atoms with Crippen LogP contribution in [0.2, 0.25) is 0 Å². The Bertz CT molecular complexity index is 990. The topological polar surface area (TPSA) is 83.3 Å². The fourth-order valence-corrected chi connectivity index (χ4v) is 3.28. The highest BCUT2D eigenvalue weighted by Gasteiger charge is 2.36. The van der Waals surface area contributed by atoms with Crippen LogP contribution in [-0.2, 0) is 17.5 Å². The zero-order valence-corrected chi connectivity index (χ0v) is 22.0. The van der Waals surface area contributed by atoms with Crippen molar-refractivity contribution in [2.24, 2.45) is 10.9 Å². The van der Waals surface area contributed by atoms with Crippen LogP contribution in [-0.4, -0.2) is 69.3 Å². The summed E-state index contributed by atoms with van der Waals surface area (Å²) in [5.41, 5.74) is 0.422. The summed E-state index contributed by atoms with van der Waals surface area (Å²) in [6.07, 6.45) is -1.17. The van der Waals surface area contributed by atoms with Crippen LogP contribution in [0, 0.1) is 5.92 Å². The van der Waals surface area contributed by atoms with Gasteiger partial charge in [-0.1, -0.05) is 12.2 Å². The number of allylic oxidation sites excluding steroid dienone is 1. The van der Waals surface area contributed by atoms with E-state index >= 15 is 0 Å². The van der Waals surface area contributed by atoms with E-state index in [0.29, 0.717) is 18.5 Å². The fraction of sp³-hybridized carbons (Fsp3) is 0.609. The maximum Gasteiger partial charge on any atom is 0.435 e. The van der Waals surface area contributed by atoms with Gasteiger partial charge in [0.2, 0.25) is 5.91 Å². The van der Waals surface area contributed by atoms with Crippen molar-refractivity contribution in [2.45, 2.75) is 71.5 Å². The maximum atomic E-state index is 13.4. The first-order chi connectivity index (χ1) is 16.3. The normalized spacial score (nSPS) is 14.4. The Kier molecular flexibility index (Phi) is 11.1. The molecule has 1 heterocycles. The minimum absolute atomic E-state index is 0.00762. The fourth-order valence-electron chi connectivity index (χ4n) is 3.28. The van der Waals surface area contributed by atoms with Gasteiger partial charge in [-0.05, 0) is 71.5 Å². The smallest absolute Gasteiger partial charge is 0.411 e. The third kappa shape index (κ3) is 11.1. The van der Waals surface area contributed by atoms with Gasteiger partial charge in [-0.2, -0.15) is 18.3 Å². The molecule has 0 saturated heterocycles. The maximum absolute atomic E-state index is 13.4. The first kappa shape index (κ1) is 31.6. The van der Waals surface area contributed by atoms with Gasteiger partial charge < -0.3 is 16.0 Å². The predicted molar refractivity (Wildman–Crippen MR) is 141 cm³/mol. The molecule has 1 rings (SSSR count). The molecule has 13 heteroatoms. The van der Waals surface area contributed by atoms with Crippen LogP contribution in [0.3, 0.4) is 0 Å². The summed E-state index contributed by atoms with van der Waals surface area (Å²) >= 11 is 0. The van der Waals surface area contributed by atoms with Gasteiger partial charge in [0.15, 0.2) is 5.69 Å². The zero-order chi connectivity index (χ0) is 27.9. The molecule has 0 saturated carbocycles. The molecular weight excluding hydrogens is 466 g/mol. The lowest BCUT2D eigenvalue weighted by molar-refractivity contribution is -0.141. The van der Waals surface area contributed by atoms with E-state index in [1.54, 1.807) is 54.8 Å². The van der Waals surface area contributed by atoms with Gasteiger partial charge in [-0.25, -0.2) is 0 Å². The Labute approximate surface area is 216 Å². The molecule has 0 aliphatic heterocycles. The molecule has 1 aromatic heterocycles. The van der Waals surface area contributed by atoms with Crippen LogP contribution in [0.15, 0.2) is 29.0 Å². The van der Waals surface area contributed by atoms with Gasteiger partial charge in [-0.15, -0.1) is 0 Å². The third-order valence-electron chi connectivity index (χ3n) is 4.94. The zero-order valence-electron chi connectivity index (χ0n) is 22.0. The van der Waals surface area contributed by atoms with E-state index < -0.39 is 28.6 Å². The number of nitrogens with zero attached hydrogens (tertiary/aromatic N) is 3. The number of amides is 1. The lowest BCUT2D eigenvalue weighted by atomic mass is 9.49. The Morgan fingerprint density at radius 2 is 1.83 bits per heavy atom. The van der Waals surface area contributed by atoms with Gasteiger partial charge in [0, 0.05) is 24.4 Å². The Hall–Kier alpha value is -2.43. The van der Waals surface area contributed by atoms with Gasteiger partial charge in [0.1, 0.15) is 0 Å². The summed E-state index contributed by atoms with van der Waals surface area (Å²) in [6.45, 7) is 10.9. The number of hydrogen-bond acceptors (Lipinski definition) is 5. The highest BCUT2D eigenvalue weighted by atomic mass is 19.4. The van der Waals surface area contributed by atoms with Crippen LogP contribution in [0.1, 0.15) is 59.4 Å². The number of carbonyl (C=O) groups excluding carboxylic acids is 1. The van der Waals surface area contributed by atoms with E-state index in [-0.39, 0.29) is 18.1 Å². The van der Waals surface area contributed by atoms with E-state index in [4.69, 9.17) is 23.5 Å². The van der Waals surface area contributed by atoms with Crippen molar-refractivity contribution in [3.05, 3.63) is 35.4 Å². The molecule has 7 nitrogen and oxygen atoms in total. The molecule has 0 fully saturated rings. The third-order valence-corrected chi connectivity index (χ3v) is 4.94. The van der Waals surface area contributed by atoms with Gasteiger partial charge in [-0.3, -0.25) is 14.5 Å². The first-order valence-corrected chi connectivity index (χ1v) is 11.5. The SMILES string of the molecule is [B]C([B])([B])N/C=C(\CNC)CC(C)C(=O)NC(C)(C)Cn1nc(C(F)(F)F)cc1/C(C)=C/N=C(C)C. The molecule has 0 bridgehead atoms. The Morgan fingerprint density at radius 1 is 1.22 bits per heavy atom. The van der Waals surface area contributed by atoms with Gasteiger partial charge in [0.05, 0.1) is 41.3 Å². The van der Waals surface area contributed by atoms with Gasteiger partial charge in [0.25, 0.3) is 0 Å². The number of aliphatic imine (C=N–C) groups is 1. The van der Waals surface area contributed by atoms with E-state index in [9.17, 15) is 18.0 Å². The minimum Gasteiger partial charge on any atom is -0.411 e. The van der Waals surface area contributed by atoms with E-state index in [0.717, 1.165) is 17.4 Å². The number of halogens is 3. The second kappa shape index (κ2) is 12.7. The number of hydrogen-bond donors (Lipinski definition) is 3. The van der Waals surface area contributed by atoms with Crippen molar-refractivity contribution in [1.82, 2.24) is 25.7 Å². The molecule has 192 valence electrons. The second-order valence-electron chi connectivity index (χ2n) is 9.85. The summed E-state index contributed by atoms with van der Waals surface area (Å²) in [5.74, 6) is -0.732. The van der Waals surface area contributed by atoms with Crippen molar-refractivity contribution >= 4 is 40.7 Å². The lowest BCUT2D eigenvalue weighted by Crippen LogP contribution is -2.49. The number of alkyl halides is 3. The van der Waals surface area contributed by atoms with Crippen molar-refractivity contribution < 1.29 is 18.0 Å². The number of likely N-dealkylation sites (N-methyl/N-ethyl adjacent to an activating group) is 1. The van der Waals surface area contributed by atoms with Crippen LogP contribution in [0.4, 0.5) is 13.2 Å². The summed E-state index contributed by atoms with van der Waals surface area (Å²) in [5, 5.41) is 10.8. The molecule has 0 aliphatic carbocycles. The molecular formula is C23H34B3F3N6O. The van der Waals surface area contributed by atoms with Crippen LogP contribution in [0.5, 0.6) is 0 Å². The molecule has 1 atom stereocenters. The molecule has 1 unspecified atom stereocenters. The molecule has 6 radical (unpaired) electrons. The average Bonchev–Trinajstić information content (AvgIpc) is 3.12. The molecule has 0 spiro atoms. The van der Waals surface area contributed by atoms with Crippen LogP contribution < -0.4 is 16.0 Å². The highest BCUT2D eigenvalue weighted by molar-refractivity contribution is 6.59. The van der Waals surface area contributed by atoms with Crippen LogP contribution in [0.25, 0.3) is 5.57 Å². The largest absolute Gasteiger partial charge is 0.435 e. The standard InChI is InChI=1S/C23H34B3F3N6O/c1-14(2)31-10-16(4)18-9-19(22(27,28)29)34-35(18)13-21(5,6)33-20(36)15(3)8-17(11-30-7)12-32-23(24,25)26/h9-10,12,15,30,32H,8,11,13H2,1-7H3,(H,33,36)/b16-10+,17-12-. The van der Waals surface area contributed by atoms with E-state index in [2.05, 4.69) is 26.0 Å². The average molecular weight is 500 g/mol. The molecule has 3 N–H and O–H groups in total. The highest BCUT2D eigenvalue weighted by Crippen LogP contribution is 2.31. The molecule has 0 aromatic carbocycles. The van der Waals surface area contributed by atoms with Crippen molar-refractivity contribution in [3.63, 3.8) is 0 Å². The summed E-state index contributed by atoms with van der Waals surface area (Å²) < 4.78 is 41.4. The molecule has 1 amide bonds. The summed E-state index contributed by atoms with van der Waals surface area (Å²) in [4.78, 5) is 17.1. The van der Waals surface area contributed by atoms with E-state index in [1.165, 1.54) is 10.9 Å². The molecule has 1 aromatic rings.